The van der Waals surface area contributed by atoms with Gasteiger partial charge in [-0.2, -0.15) is 0 Å². The molecule has 2 heterocycles. The van der Waals surface area contributed by atoms with E-state index in [1.807, 2.05) is 0 Å². The van der Waals surface area contributed by atoms with E-state index in [0.29, 0.717) is 11.1 Å². The van der Waals surface area contributed by atoms with Gasteiger partial charge in [-0.25, -0.2) is 12.4 Å². The summed E-state index contributed by atoms with van der Waals surface area (Å²) in [4.78, 5) is 25.6. The van der Waals surface area contributed by atoms with E-state index >= 15 is 0 Å². The highest BCUT2D eigenvalue weighted by Gasteiger charge is 2.29. The van der Waals surface area contributed by atoms with E-state index in [0.717, 1.165) is 21.7 Å². The zero-order valence-electron chi connectivity index (χ0n) is 16.7. The van der Waals surface area contributed by atoms with Crippen LogP contribution >= 0.6 is 0 Å². The predicted molar refractivity (Wildman–Crippen MR) is 116 cm³/mol. The van der Waals surface area contributed by atoms with E-state index in [1.165, 1.54) is 18.3 Å². The standard InChI is InChI=1S/C21H16N4O6S/c1-14-4-6-18(7-5-14)32(30,31)23-13-16(9-15-3-2-8-22-12-15)21-19(23)10-17(24(26)27)11-20(21)25(28)29/h2-8,10-13H,9H2,1H3. The molecule has 0 saturated carbocycles. The Bertz CT molecular complexity index is 1460. The van der Waals surface area contributed by atoms with Crippen molar-refractivity contribution in [2.24, 2.45) is 0 Å². The molecule has 0 atom stereocenters. The summed E-state index contributed by atoms with van der Waals surface area (Å²) in [5, 5.41) is 23.2. The van der Waals surface area contributed by atoms with Crippen LogP contribution in [0.5, 0.6) is 0 Å². The molecule has 0 amide bonds. The lowest BCUT2D eigenvalue weighted by molar-refractivity contribution is -0.393. The molecular weight excluding hydrogens is 436 g/mol. The zero-order chi connectivity index (χ0) is 23.0. The zero-order valence-corrected chi connectivity index (χ0v) is 17.5. The molecule has 2 aromatic carbocycles. The van der Waals surface area contributed by atoms with Gasteiger partial charge in [0.15, 0.2) is 0 Å². The molecule has 0 bridgehead atoms. The van der Waals surface area contributed by atoms with E-state index in [1.54, 1.807) is 43.6 Å². The number of non-ortho nitro benzene ring substituents is 2. The highest BCUT2D eigenvalue weighted by atomic mass is 32.2. The maximum absolute atomic E-state index is 13.4. The molecule has 0 radical (unpaired) electrons. The van der Waals surface area contributed by atoms with Gasteiger partial charge in [-0.05, 0) is 36.2 Å². The van der Waals surface area contributed by atoms with Crippen molar-refractivity contribution >= 4 is 32.3 Å². The van der Waals surface area contributed by atoms with Crippen molar-refractivity contribution in [1.29, 1.82) is 0 Å². The monoisotopic (exact) mass is 452 g/mol. The largest absolute Gasteiger partial charge is 0.285 e. The van der Waals surface area contributed by atoms with Gasteiger partial charge in [-0.15, -0.1) is 0 Å². The number of benzene rings is 2. The van der Waals surface area contributed by atoms with Crippen molar-refractivity contribution in [1.82, 2.24) is 8.96 Å². The maximum Gasteiger partial charge on any atom is 0.285 e. The molecule has 32 heavy (non-hydrogen) atoms. The molecule has 2 aromatic heterocycles. The van der Waals surface area contributed by atoms with Gasteiger partial charge in [-0.3, -0.25) is 25.2 Å². The van der Waals surface area contributed by atoms with E-state index in [-0.39, 0.29) is 22.2 Å². The molecule has 0 aliphatic carbocycles. The van der Waals surface area contributed by atoms with Gasteiger partial charge in [0, 0.05) is 31.1 Å². The first-order valence-electron chi connectivity index (χ1n) is 9.36. The third-order valence-electron chi connectivity index (χ3n) is 5.02. The third kappa shape index (κ3) is 3.69. The quantitative estimate of drug-likeness (QED) is 0.318. The average molecular weight is 452 g/mol. The van der Waals surface area contributed by atoms with Crippen LogP contribution in [0.4, 0.5) is 11.4 Å². The molecule has 4 aromatic rings. The second kappa shape index (κ2) is 7.85. The number of nitro groups is 2. The van der Waals surface area contributed by atoms with Crippen LogP contribution in [-0.2, 0) is 16.4 Å². The summed E-state index contributed by atoms with van der Waals surface area (Å²) >= 11 is 0. The van der Waals surface area contributed by atoms with Crippen molar-refractivity contribution < 1.29 is 18.3 Å². The predicted octanol–water partition coefficient (Wildman–Crippen LogP) is 3.99. The van der Waals surface area contributed by atoms with Crippen LogP contribution in [0.25, 0.3) is 10.9 Å². The summed E-state index contributed by atoms with van der Waals surface area (Å²) in [5.74, 6) is 0. The molecule has 0 spiro atoms. The normalized spacial score (nSPS) is 11.5. The summed E-state index contributed by atoms with van der Waals surface area (Å²) in [6.45, 7) is 1.81. The van der Waals surface area contributed by atoms with E-state index < -0.39 is 31.2 Å². The summed E-state index contributed by atoms with van der Waals surface area (Å²) in [5.41, 5.74) is 0.647. The number of hydrogen-bond acceptors (Lipinski definition) is 7. The number of hydrogen-bond donors (Lipinski definition) is 0. The molecule has 0 saturated heterocycles. The van der Waals surface area contributed by atoms with Crippen LogP contribution in [0.1, 0.15) is 16.7 Å². The van der Waals surface area contributed by atoms with E-state index in [2.05, 4.69) is 4.98 Å². The third-order valence-corrected chi connectivity index (χ3v) is 6.70. The van der Waals surface area contributed by atoms with Crippen molar-refractivity contribution in [2.45, 2.75) is 18.2 Å². The van der Waals surface area contributed by atoms with Crippen molar-refractivity contribution in [3.8, 4) is 0 Å². The molecule has 11 heteroatoms. The van der Waals surface area contributed by atoms with Crippen LogP contribution < -0.4 is 0 Å². The fourth-order valence-corrected chi connectivity index (χ4v) is 4.88. The molecule has 0 unspecified atom stereocenters. The minimum Gasteiger partial charge on any atom is -0.264 e. The molecule has 0 aliphatic heterocycles. The molecule has 10 nitrogen and oxygen atoms in total. The Morgan fingerprint density at radius 1 is 1.03 bits per heavy atom. The van der Waals surface area contributed by atoms with Crippen LogP contribution in [-0.4, -0.2) is 27.2 Å². The highest BCUT2D eigenvalue weighted by Crippen LogP contribution is 2.37. The topological polar surface area (TPSA) is 138 Å². The molecule has 162 valence electrons. The van der Waals surface area contributed by atoms with Crippen molar-refractivity contribution in [2.75, 3.05) is 0 Å². The van der Waals surface area contributed by atoms with Gasteiger partial charge in [0.05, 0.1) is 31.7 Å². The molecule has 0 fully saturated rings. The van der Waals surface area contributed by atoms with Gasteiger partial charge in [0.25, 0.3) is 21.4 Å². The van der Waals surface area contributed by atoms with Gasteiger partial charge in [-0.1, -0.05) is 23.8 Å². The summed E-state index contributed by atoms with van der Waals surface area (Å²) in [7, 11) is -4.18. The van der Waals surface area contributed by atoms with Gasteiger partial charge >= 0.3 is 0 Å². The SMILES string of the molecule is Cc1ccc(S(=O)(=O)n2cc(Cc3cccnc3)c3c([N+](=O)[O-])cc([N+](=O)[O-])cc32)cc1. The number of pyridine rings is 1. The smallest absolute Gasteiger partial charge is 0.264 e. The van der Waals surface area contributed by atoms with Crippen LogP contribution in [0.15, 0.2) is 72.0 Å². The van der Waals surface area contributed by atoms with Crippen molar-refractivity contribution in [3.05, 3.63) is 104 Å². The minimum absolute atomic E-state index is 0.0279. The Hall–Kier alpha value is -4.12. The number of nitro benzene ring substituents is 2. The first-order chi connectivity index (χ1) is 15.2. The molecule has 4 rings (SSSR count). The van der Waals surface area contributed by atoms with Crippen LogP contribution in [0.2, 0.25) is 0 Å². The van der Waals surface area contributed by atoms with Gasteiger partial charge < -0.3 is 0 Å². The lowest BCUT2D eigenvalue weighted by Crippen LogP contribution is -2.12. The number of fused-ring (bicyclic) bond motifs is 1. The Morgan fingerprint density at radius 3 is 2.34 bits per heavy atom. The fraction of sp³-hybridized carbons (Fsp3) is 0.0952. The summed E-state index contributed by atoms with van der Waals surface area (Å²) in [6.07, 6.45) is 4.57. The second-order valence-electron chi connectivity index (χ2n) is 7.18. The lowest BCUT2D eigenvalue weighted by Gasteiger charge is -2.08. The molecular formula is C21H16N4O6S. The first-order valence-corrected chi connectivity index (χ1v) is 10.8. The summed E-state index contributed by atoms with van der Waals surface area (Å²) in [6, 6.07) is 11.4. The van der Waals surface area contributed by atoms with E-state index in [9.17, 15) is 28.6 Å². The van der Waals surface area contributed by atoms with Gasteiger partial charge in [0.1, 0.15) is 0 Å². The molecule has 0 N–H and O–H groups in total. The Balaban J connectivity index is 2.05. The maximum atomic E-state index is 13.4. The van der Waals surface area contributed by atoms with Gasteiger partial charge in [0.2, 0.25) is 0 Å². The van der Waals surface area contributed by atoms with Crippen LogP contribution in [0, 0.1) is 27.2 Å². The highest BCUT2D eigenvalue weighted by molar-refractivity contribution is 7.90. The first kappa shape index (κ1) is 21.1. The summed E-state index contributed by atoms with van der Waals surface area (Å²) < 4.78 is 27.7. The number of nitrogens with zero attached hydrogens (tertiary/aromatic N) is 4. The average Bonchev–Trinajstić information content (AvgIpc) is 3.13. The second-order valence-corrected chi connectivity index (χ2v) is 8.99. The van der Waals surface area contributed by atoms with E-state index in [4.69, 9.17) is 0 Å². The Kier molecular flexibility index (Phi) is 5.18. The Labute approximate surface area is 182 Å². The number of rotatable bonds is 6. The fourth-order valence-electron chi connectivity index (χ4n) is 3.50. The van der Waals surface area contributed by atoms with Crippen molar-refractivity contribution in [3.63, 3.8) is 0 Å². The Morgan fingerprint density at radius 2 is 1.75 bits per heavy atom. The number of aromatic nitrogens is 2. The molecule has 0 aliphatic rings. The van der Waals surface area contributed by atoms with Crippen LogP contribution in [0.3, 0.4) is 0 Å². The number of aryl methyl sites for hydroxylation is 1. The lowest BCUT2D eigenvalue weighted by atomic mass is 10.0. The minimum atomic E-state index is -4.18.